The minimum Gasteiger partial charge on any atom is -0.312 e. The number of nitrogens with zero attached hydrogens (tertiary/aromatic N) is 3. The second kappa shape index (κ2) is 5.07. The van der Waals surface area contributed by atoms with Crippen LogP contribution in [0.4, 0.5) is 5.95 Å². The fourth-order valence-electron chi connectivity index (χ4n) is 1.15. The molecule has 1 rings (SSSR count). The number of carbonyl (C=O) groups excluding carboxylic acids is 1. The van der Waals surface area contributed by atoms with Gasteiger partial charge in [0.05, 0.1) is 0 Å². The predicted molar refractivity (Wildman–Crippen MR) is 62.0 cm³/mol. The van der Waals surface area contributed by atoms with Crippen molar-refractivity contribution in [1.82, 2.24) is 20.1 Å². The standard InChI is InChI=1S/C10H19N5O/c1-10(2,3)12-6-5-8(16)14-9-11-7-13-15(9)4/h7,12H,5-6H2,1-4H3,(H,11,13,14,16). The predicted octanol–water partition coefficient (Wildman–Crippen LogP) is 0.532. The van der Waals surface area contributed by atoms with Gasteiger partial charge in [0.15, 0.2) is 0 Å². The van der Waals surface area contributed by atoms with Crippen LogP contribution in [0, 0.1) is 0 Å². The zero-order valence-corrected chi connectivity index (χ0v) is 10.2. The van der Waals surface area contributed by atoms with Crippen LogP contribution in [-0.4, -0.2) is 32.8 Å². The molecule has 0 unspecified atom stereocenters. The summed E-state index contributed by atoms with van der Waals surface area (Å²) in [4.78, 5) is 15.4. The lowest BCUT2D eigenvalue weighted by atomic mass is 10.1. The maximum atomic E-state index is 11.5. The Labute approximate surface area is 95.4 Å². The number of hydrogen-bond donors (Lipinski definition) is 2. The van der Waals surface area contributed by atoms with Crippen LogP contribution in [0.1, 0.15) is 27.2 Å². The van der Waals surface area contributed by atoms with Gasteiger partial charge in [-0.2, -0.15) is 10.1 Å². The number of nitrogens with one attached hydrogen (secondary N) is 2. The Bertz CT molecular complexity index is 352. The topological polar surface area (TPSA) is 71.8 Å². The highest BCUT2D eigenvalue weighted by Gasteiger charge is 2.10. The van der Waals surface area contributed by atoms with Gasteiger partial charge in [-0.05, 0) is 20.8 Å². The smallest absolute Gasteiger partial charge is 0.227 e. The maximum absolute atomic E-state index is 11.5. The average molecular weight is 225 g/mol. The molecule has 0 bridgehead atoms. The molecule has 16 heavy (non-hydrogen) atoms. The van der Waals surface area contributed by atoms with Crippen LogP contribution in [0.2, 0.25) is 0 Å². The molecular weight excluding hydrogens is 206 g/mol. The van der Waals surface area contributed by atoms with Gasteiger partial charge in [-0.1, -0.05) is 0 Å². The Morgan fingerprint density at radius 3 is 2.69 bits per heavy atom. The molecule has 90 valence electrons. The van der Waals surface area contributed by atoms with Crippen LogP contribution < -0.4 is 10.6 Å². The van der Waals surface area contributed by atoms with Crippen molar-refractivity contribution in [2.75, 3.05) is 11.9 Å². The van der Waals surface area contributed by atoms with Crippen LogP contribution in [0.3, 0.4) is 0 Å². The van der Waals surface area contributed by atoms with Gasteiger partial charge in [0, 0.05) is 25.6 Å². The summed E-state index contributed by atoms with van der Waals surface area (Å²) >= 11 is 0. The van der Waals surface area contributed by atoms with E-state index in [0.717, 1.165) is 0 Å². The summed E-state index contributed by atoms with van der Waals surface area (Å²) in [7, 11) is 1.73. The van der Waals surface area contributed by atoms with Crippen molar-refractivity contribution >= 4 is 11.9 Å². The summed E-state index contributed by atoms with van der Waals surface area (Å²) in [6, 6.07) is 0. The largest absolute Gasteiger partial charge is 0.312 e. The highest BCUT2D eigenvalue weighted by atomic mass is 16.1. The molecule has 1 aromatic rings. The molecule has 1 heterocycles. The van der Waals surface area contributed by atoms with E-state index in [0.29, 0.717) is 18.9 Å². The van der Waals surface area contributed by atoms with E-state index < -0.39 is 0 Å². The van der Waals surface area contributed by atoms with Gasteiger partial charge in [0.2, 0.25) is 11.9 Å². The van der Waals surface area contributed by atoms with Gasteiger partial charge in [-0.15, -0.1) is 0 Å². The van der Waals surface area contributed by atoms with Gasteiger partial charge in [-0.25, -0.2) is 4.68 Å². The van der Waals surface area contributed by atoms with E-state index >= 15 is 0 Å². The zero-order valence-electron chi connectivity index (χ0n) is 10.2. The highest BCUT2D eigenvalue weighted by Crippen LogP contribution is 2.00. The molecule has 6 heteroatoms. The summed E-state index contributed by atoms with van der Waals surface area (Å²) in [6.45, 7) is 6.84. The van der Waals surface area contributed by atoms with Crippen LogP contribution >= 0.6 is 0 Å². The molecule has 1 amide bonds. The Kier molecular flexibility index (Phi) is 4.00. The molecule has 0 aliphatic heterocycles. The first-order chi connectivity index (χ1) is 7.38. The molecule has 1 aromatic heterocycles. The summed E-state index contributed by atoms with van der Waals surface area (Å²) in [5, 5.41) is 9.79. The third-order valence-electron chi connectivity index (χ3n) is 1.97. The lowest BCUT2D eigenvalue weighted by Crippen LogP contribution is -2.37. The monoisotopic (exact) mass is 225 g/mol. The van der Waals surface area contributed by atoms with Gasteiger partial charge in [0.25, 0.3) is 0 Å². The number of aromatic nitrogens is 3. The second-order valence-corrected chi connectivity index (χ2v) is 4.68. The Morgan fingerprint density at radius 2 is 2.19 bits per heavy atom. The number of amides is 1. The quantitative estimate of drug-likeness (QED) is 0.784. The minimum atomic E-state index is -0.0622. The average Bonchev–Trinajstić information content (AvgIpc) is 2.49. The van der Waals surface area contributed by atoms with Crippen molar-refractivity contribution < 1.29 is 4.79 Å². The van der Waals surface area contributed by atoms with Crippen molar-refractivity contribution in [1.29, 1.82) is 0 Å². The first-order valence-corrected chi connectivity index (χ1v) is 5.27. The highest BCUT2D eigenvalue weighted by molar-refractivity contribution is 5.89. The number of rotatable bonds is 4. The van der Waals surface area contributed by atoms with Crippen molar-refractivity contribution in [3.63, 3.8) is 0 Å². The van der Waals surface area contributed by atoms with Crippen LogP contribution in [0.15, 0.2) is 6.33 Å². The molecule has 0 aromatic carbocycles. The summed E-state index contributed by atoms with van der Waals surface area (Å²) in [5.41, 5.74) is 0.0328. The van der Waals surface area contributed by atoms with Gasteiger partial charge >= 0.3 is 0 Å². The molecular formula is C10H19N5O. The lowest BCUT2D eigenvalue weighted by Gasteiger charge is -2.20. The molecule has 0 fully saturated rings. The van der Waals surface area contributed by atoms with E-state index in [1.165, 1.54) is 11.0 Å². The molecule has 0 spiro atoms. The van der Waals surface area contributed by atoms with Gasteiger partial charge in [-0.3, -0.25) is 10.1 Å². The Hall–Kier alpha value is -1.43. The van der Waals surface area contributed by atoms with Crippen molar-refractivity contribution in [2.24, 2.45) is 7.05 Å². The van der Waals surface area contributed by atoms with Crippen LogP contribution in [-0.2, 0) is 11.8 Å². The number of aryl methyl sites for hydroxylation is 1. The van der Waals surface area contributed by atoms with Crippen molar-refractivity contribution in [3.8, 4) is 0 Å². The van der Waals surface area contributed by atoms with E-state index in [2.05, 4.69) is 41.5 Å². The first-order valence-electron chi connectivity index (χ1n) is 5.27. The Balaban J connectivity index is 2.30. The van der Waals surface area contributed by atoms with Gasteiger partial charge in [0.1, 0.15) is 6.33 Å². The molecule has 0 saturated heterocycles. The van der Waals surface area contributed by atoms with Gasteiger partial charge < -0.3 is 5.32 Å². The fourth-order valence-corrected chi connectivity index (χ4v) is 1.15. The van der Waals surface area contributed by atoms with E-state index in [4.69, 9.17) is 0 Å². The van der Waals surface area contributed by atoms with E-state index in [1.54, 1.807) is 7.05 Å². The maximum Gasteiger partial charge on any atom is 0.227 e. The fraction of sp³-hybridized carbons (Fsp3) is 0.700. The Morgan fingerprint density at radius 1 is 1.50 bits per heavy atom. The van der Waals surface area contributed by atoms with E-state index in [1.807, 2.05) is 0 Å². The van der Waals surface area contributed by atoms with E-state index in [-0.39, 0.29) is 11.4 Å². The normalized spacial score (nSPS) is 11.5. The SMILES string of the molecule is Cn1ncnc1NC(=O)CCNC(C)(C)C. The van der Waals surface area contributed by atoms with Crippen molar-refractivity contribution in [3.05, 3.63) is 6.33 Å². The van der Waals surface area contributed by atoms with E-state index in [9.17, 15) is 4.79 Å². The number of hydrogen-bond acceptors (Lipinski definition) is 4. The number of anilines is 1. The molecule has 0 saturated carbocycles. The second-order valence-electron chi connectivity index (χ2n) is 4.68. The molecule has 6 nitrogen and oxygen atoms in total. The molecule has 0 aliphatic rings. The van der Waals surface area contributed by atoms with Crippen LogP contribution in [0.25, 0.3) is 0 Å². The first kappa shape index (κ1) is 12.6. The molecule has 0 atom stereocenters. The lowest BCUT2D eigenvalue weighted by molar-refractivity contribution is -0.116. The summed E-state index contributed by atoms with van der Waals surface area (Å²) < 4.78 is 1.52. The summed E-state index contributed by atoms with van der Waals surface area (Å²) in [5.74, 6) is 0.411. The summed E-state index contributed by atoms with van der Waals surface area (Å²) in [6.07, 6.45) is 1.83. The molecule has 2 N–H and O–H groups in total. The van der Waals surface area contributed by atoms with Crippen molar-refractivity contribution in [2.45, 2.75) is 32.7 Å². The number of carbonyl (C=O) groups is 1. The zero-order chi connectivity index (χ0) is 12.2. The third kappa shape index (κ3) is 4.39. The van der Waals surface area contributed by atoms with Crippen LogP contribution in [0.5, 0.6) is 0 Å². The third-order valence-corrected chi connectivity index (χ3v) is 1.97. The molecule has 0 aliphatic carbocycles. The molecule has 0 radical (unpaired) electrons. The minimum absolute atomic E-state index is 0.0328.